The van der Waals surface area contributed by atoms with E-state index in [1.165, 1.54) is 6.07 Å². The molecule has 0 N–H and O–H groups in total. The van der Waals surface area contributed by atoms with Crippen LogP contribution in [0.4, 0.5) is 4.39 Å². The monoisotopic (exact) mass is 274 g/mol. The van der Waals surface area contributed by atoms with E-state index in [1.807, 2.05) is 0 Å². The van der Waals surface area contributed by atoms with E-state index in [2.05, 4.69) is 0 Å². The third kappa shape index (κ3) is 2.17. The predicted molar refractivity (Wildman–Crippen MR) is 66.9 cm³/mol. The maximum Gasteiger partial charge on any atom is 0.160 e. The van der Waals surface area contributed by atoms with Crippen LogP contribution in [0.3, 0.4) is 0 Å². The molecule has 0 saturated carbocycles. The summed E-state index contributed by atoms with van der Waals surface area (Å²) >= 11 is 17.3. The second-order valence-electron chi connectivity index (χ2n) is 3.23. The molecule has 0 amide bonds. The highest BCUT2D eigenvalue weighted by atomic mass is 35.5. The van der Waals surface area contributed by atoms with Gasteiger partial charge in [-0.15, -0.1) is 0 Å². The Labute approximate surface area is 108 Å². The van der Waals surface area contributed by atoms with E-state index in [0.717, 1.165) is 5.56 Å². The van der Waals surface area contributed by atoms with Crippen LogP contribution in [0.15, 0.2) is 36.4 Å². The summed E-state index contributed by atoms with van der Waals surface area (Å²) in [6.45, 7) is 0. The Hall–Kier alpha value is -0.760. The van der Waals surface area contributed by atoms with E-state index in [-0.39, 0.29) is 10.0 Å². The second kappa shape index (κ2) is 4.62. The standard InChI is InChI=1S/C12H6Cl3F/c13-8-3-1-7(2-4-8)9-5-6-10(14)12(16)11(9)15/h1-6H. The molecule has 2 aromatic carbocycles. The molecule has 0 heterocycles. The maximum atomic E-state index is 13.5. The lowest BCUT2D eigenvalue weighted by Crippen LogP contribution is -1.85. The van der Waals surface area contributed by atoms with Crippen LogP contribution < -0.4 is 0 Å². The fourth-order valence-corrected chi connectivity index (χ4v) is 1.98. The van der Waals surface area contributed by atoms with Crippen LogP contribution in [0.2, 0.25) is 15.1 Å². The molecule has 0 aliphatic heterocycles. The van der Waals surface area contributed by atoms with Crippen molar-refractivity contribution in [3.63, 3.8) is 0 Å². The van der Waals surface area contributed by atoms with Gasteiger partial charge in [-0.3, -0.25) is 0 Å². The van der Waals surface area contributed by atoms with Crippen LogP contribution in [0.5, 0.6) is 0 Å². The fourth-order valence-electron chi connectivity index (χ4n) is 1.38. The molecule has 0 atom stereocenters. The minimum atomic E-state index is -0.601. The summed E-state index contributed by atoms with van der Waals surface area (Å²) in [6, 6.07) is 10.1. The summed E-state index contributed by atoms with van der Waals surface area (Å²) in [5.74, 6) is -0.601. The molecule has 0 aliphatic carbocycles. The van der Waals surface area contributed by atoms with E-state index in [9.17, 15) is 4.39 Å². The first-order chi connectivity index (χ1) is 7.59. The molecular formula is C12H6Cl3F. The third-order valence-electron chi connectivity index (χ3n) is 2.19. The van der Waals surface area contributed by atoms with Crippen molar-refractivity contribution in [1.29, 1.82) is 0 Å². The summed E-state index contributed by atoms with van der Waals surface area (Å²) in [4.78, 5) is 0. The van der Waals surface area contributed by atoms with Gasteiger partial charge >= 0.3 is 0 Å². The highest BCUT2D eigenvalue weighted by Gasteiger charge is 2.11. The minimum absolute atomic E-state index is 0.0164. The summed E-state index contributed by atoms with van der Waals surface area (Å²) < 4.78 is 13.5. The first kappa shape index (κ1) is 11.7. The van der Waals surface area contributed by atoms with E-state index >= 15 is 0 Å². The SMILES string of the molecule is Fc1c(Cl)ccc(-c2ccc(Cl)cc2)c1Cl. The molecule has 0 nitrogen and oxygen atoms in total. The Morgan fingerprint density at radius 3 is 2.06 bits per heavy atom. The summed E-state index contributed by atoms with van der Waals surface area (Å²) in [5.41, 5.74) is 1.39. The van der Waals surface area contributed by atoms with Crippen molar-refractivity contribution in [1.82, 2.24) is 0 Å². The highest BCUT2D eigenvalue weighted by molar-refractivity contribution is 6.36. The van der Waals surface area contributed by atoms with Gasteiger partial charge in [0.25, 0.3) is 0 Å². The summed E-state index contributed by atoms with van der Waals surface area (Å²) in [6.07, 6.45) is 0. The molecule has 16 heavy (non-hydrogen) atoms. The normalized spacial score (nSPS) is 10.5. The average Bonchev–Trinajstić information content (AvgIpc) is 2.28. The van der Waals surface area contributed by atoms with Gasteiger partial charge in [0.05, 0.1) is 10.0 Å². The van der Waals surface area contributed by atoms with Crippen LogP contribution >= 0.6 is 34.8 Å². The van der Waals surface area contributed by atoms with Gasteiger partial charge in [0.1, 0.15) is 0 Å². The molecule has 0 fully saturated rings. The Morgan fingerprint density at radius 2 is 1.44 bits per heavy atom. The van der Waals surface area contributed by atoms with Crippen molar-refractivity contribution in [2.75, 3.05) is 0 Å². The van der Waals surface area contributed by atoms with E-state index < -0.39 is 5.82 Å². The van der Waals surface area contributed by atoms with E-state index in [4.69, 9.17) is 34.8 Å². The van der Waals surface area contributed by atoms with Crippen LogP contribution in [0, 0.1) is 5.82 Å². The smallest absolute Gasteiger partial charge is 0.160 e. The van der Waals surface area contributed by atoms with Crippen LogP contribution in [-0.2, 0) is 0 Å². The Bertz CT molecular complexity index is 521. The van der Waals surface area contributed by atoms with Gasteiger partial charge in [0.15, 0.2) is 5.82 Å². The van der Waals surface area contributed by atoms with Gasteiger partial charge in [0.2, 0.25) is 0 Å². The molecule has 0 aliphatic rings. The molecule has 0 aromatic heterocycles. The van der Waals surface area contributed by atoms with Gasteiger partial charge in [-0.25, -0.2) is 4.39 Å². The lowest BCUT2D eigenvalue weighted by atomic mass is 10.1. The van der Waals surface area contributed by atoms with Gasteiger partial charge in [-0.05, 0) is 23.8 Å². The van der Waals surface area contributed by atoms with Gasteiger partial charge in [-0.1, -0.05) is 53.0 Å². The molecule has 0 radical (unpaired) electrons. The van der Waals surface area contributed by atoms with Crippen molar-refractivity contribution in [2.45, 2.75) is 0 Å². The lowest BCUT2D eigenvalue weighted by molar-refractivity contribution is 0.629. The molecule has 2 aromatic rings. The first-order valence-corrected chi connectivity index (χ1v) is 5.62. The maximum absolute atomic E-state index is 13.5. The zero-order valence-electron chi connectivity index (χ0n) is 7.98. The minimum Gasteiger partial charge on any atom is -0.204 e. The van der Waals surface area contributed by atoms with Crippen molar-refractivity contribution < 1.29 is 4.39 Å². The topological polar surface area (TPSA) is 0 Å². The van der Waals surface area contributed by atoms with Crippen LogP contribution in [0.25, 0.3) is 11.1 Å². The summed E-state index contributed by atoms with van der Waals surface area (Å²) in [5, 5.41) is 0.659. The van der Waals surface area contributed by atoms with Crippen molar-refractivity contribution >= 4 is 34.8 Å². The van der Waals surface area contributed by atoms with Crippen molar-refractivity contribution in [3.8, 4) is 11.1 Å². The predicted octanol–water partition coefficient (Wildman–Crippen LogP) is 5.45. The van der Waals surface area contributed by atoms with Gasteiger partial charge in [0, 0.05) is 10.6 Å². The Balaban J connectivity index is 2.57. The van der Waals surface area contributed by atoms with Gasteiger partial charge < -0.3 is 0 Å². The molecule has 0 saturated heterocycles. The molecular weight excluding hydrogens is 269 g/mol. The lowest BCUT2D eigenvalue weighted by Gasteiger charge is -2.06. The molecule has 4 heteroatoms. The average molecular weight is 276 g/mol. The summed E-state index contributed by atoms with van der Waals surface area (Å²) in [7, 11) is 0. The van der Waals surface area contributed by atoms with E-state index in [0.29, 0.717) is 10.6 Å². The highest BCUT2D eigenvalue weighted by Crippen LogP contribution is 2.33. The Morgan fingerprint density at radius 1 is 0.812 bits per heavy atom. The fraction of sp³-hybridized carbons (Fsp3) is 0. The first-order valence-electron chi connectivity index (χ1n) is 4.49. The number of hydrogen-bond acceptors (Lipinski definition) is 0. The molecule has 2 rings (SSSR count). The largest absolute Gasteiger partial charge is 0.204 e. The number of halogens is 4. The molecule has 82 valence electrons. The second-order valence-corrected chi connectivity index (χ2v) is 4.45. The third-order valence-corrected chi connectivity index (χ3v) is 3.10. The van der Waals surface area contributed by atoms with Crippen LogP contribution in [-0.4, -0.2) is 0 Å². The number of rotatable bonds is 1. The molecule has 0 unspecified atom stereocenters. The van der Waals surface area contributed by atoms with E-state index in [1.54, 1.807) is 30.3 Å². The molecule has 0 bridgehead atoms. The number of hydrogen-bond donors (Lipinski definition) is 0. The zero-order chi connectivity index (χ0) is 11.7. The molecule has 0 spiro atoms. The zero-order valence-corrected chi connectivity index (χ0v) is 10.2. The Kier molecular flexibility index (Phi) is 3.38. The quantitative estimate of drug-likeness (QED) is 0.607. The van der Waals surface area contributed by atoms with Crippen molar-refractivity contribution in [3.05, 3.63) is 57.3 Å². The van der Waals surface area contributed by atoms with Gasteiger partial charge in [-0.2, -0.15) is 0 Å². The van der Waals surface area contributed by atoms with Crippen LogP contribution in [0.1, 0.15) is 0 Å². The van der Waals surface area contributed by atoms with Crippen molar-refractivity contribution in [2.24, 2.45) is 0 Å². The number of benzene rings is 2.